The molecule has 8 aliphatic rings. The van der Waals surface area contributed by atoms with Crippen molar-refractivity contribution in [3.63, 3.8) is 0 Å². The van der Waals surface area contributed by atoms with Crippen molar-refractivity contribution in [2.75, 3.05) is 18.6 Å². The van der Waals surface area contributed by atoms with Crippen LogP contribution in [0.4, 0.5) is 29.7 Å². The van der Waals surface area contributed by atoms with E-state index in [0.29, 0.717) is 41.0 Å². The van der Waals surface area contributed by atoms with Gasteiger partial charge in [0.05, 0.1) is 24.9 Å². The zero-order valence-electron chi connectivity index (χ0n) is 82.3. The standard InChI is InChI=1S/C25H22N2O4.C25H20N2O4.C24H26N2O3.C24H20N2O3.C23H30N2O3/c1-31-20-14-12-17(13-15-20)16-21-23(28)26-25(30)27(24(21)29)22(18-8-4-2-5-9-18)19-10-6-3-7-11-19;28-21(18-12-6-2-7-13-18)16-20(17-10-4-1-5-11-17)22-23(29)26-25(31)27(24(22)30)19-14-8-3-9-15-19;27-22-21(19-12-6-2-7-13-19)23(28)26(20-14-8-3-9-15-20)24(29)25(22)17-16-18-10-4-1-5-11-18;27-22-20(16-17-10-4-1-5-11-17)23(28)26(24(29)25-22)21(18-12-6-2-7-13-18)19-14-8-3-9-15-19;26-21-20(16-17-10-4-1-5-11-17)22(27)25(19-14-8-3-9-15-19)23(28)24(21)18-12-6-2-7-13-18/h2-15,21-22H,16H2,1H3,(H,26,28,30);1-15,20,22H,16H2,(H,26,29,31);1-2,4-7,10-13,20-21H,3,8-9,14-17H2;1-15,20-21H,16H2,(H,25,27,29);1,4-5,10-11,18-20H,2-3,6-9,12-16H2. The van der Waals surface area contributed by atoms with Crippen molar-refractivity contribution in [3.05, 3.63) is 419 Å². The van der Waals surface area contributed by atoms with E-state index in [1.165, 1.54) is 29.4 Å². The van der Waals surface area contributed by atoms with Gasteiger partial charge in [-0.3, -0.25) is 98.1 Å². The van der Waals surface area contributed by atoms with Crippen LogP contribution in [-0.2, 0) is 73.6 Å². The van der Waals surface area contributed by atoms with Gasteiger partial charge in [0, 0.05) is 42.6 Å². The second-order valence-electron chi connectivity index (χ2n) is 38.0. The molecule has 12 aromatic carbocycles. The van der Waals surface area contributed by atoms with E-state index in [4.69, 9.17) is 4.74 Å². The van der Waals surface area contributed by atoms with Crippen LogP contribution in [0.15, 0.2) is 358 Å². The van der Waals surface area contributed by atoms with Crippen molar-refractivity contribution >= 4 is 101 Å². The van der Waals surface area contributed by atoms with Crippen molar-refractivity contribution in [1.82, 2.24) is 45.3 Å². The van der Waals surface area contributed by atoms with Crippen molar-refractivity contribution in [1.29, 1.82) is 0 Å². The summed E-state index contributed by atoms with van der Waals surface area (Å²) in [7, 11) is 1.57. The number of methoxy groups -OCH3 is 1. The van der Waals surface area contributed by atoms with Gasteiger partial charge in [0.25, 0.3) is 0 Å². The summed E-state index contributed by atoms with van der Waals surface area (Å²) in [5.74, 6) is -9.91. The summed E-state index contributed by atoms with van der Waals surface area (Å²) in [6, 6.07) is 104. The van der Waals surface area contributed by atoms with E-state index in [-0.39, 0.29) is 73.5 Å². The van der Waals surface area contributed by atoms with Gasteiger partial charge in [-0.05, 0) is 144 Å². The molecule has 148 heavy (non-hydrogen) atoms. The molecule has 5 saturated heterocycles. The van der Waals surface area contributed by atoms with Crippen LogP contribution in [0.1, 0.15) is 193 Å². The van der Waals surface area contributed by atoms with Gasteiger partial charge in [-0.2, -0.15) is 0 Å². The first-order valence-electron chi connectivity index (χ1n) is 50.7. The first kappa shape index (κ1) is 104. The normalized spacial score (nSPS) is 18.9. The molecular weight excluding hydrogens is 1870 g/mol. The van der Waals surface area contributed by atoms with Crippen LogP contribution in [0, 0.1) is 23.7 Å². The first-order chi connectivity index (χ1) is 72.1. The fraction of sp³-hybridized carbons (Fsp3) is 0.273. The molecule has 0 bridgehead atoms. The molecule has 3 N–H and O–H groups in total. The van der Waals surface area contributed by atoms with Gasteiger partial charge in [0.1, 0.15) is 35.3 Å². The van der Waals surface area contributed by atoms with E-state index in [9.17, 15) is 76.7 Å². The zero-order valence-corrected chi connectivity index (χ0v) is 82.3. The minimum Gasteiger partial charge on any atom is -0.497 e. The van der Waals surface area contributed by atoms with Crippen LogP contribution in [0.2, 0.25) is 0 Å². The van der Waals surface area contributed by atoms with Gasteiger partial charge >= 0.3 is 30.2 Å². The number of nitrogens with one attached hydrogen (secondary N) is 3. The molecule has 5 aliphatic heterocycles. The second-order valence-corrected chi connectivity index (χ2v) is 38.0. The number of urea groups is 5. The summed E-state index contributed by atoms with van der Waals surface area (Å²) in [4.78, 5) is 218. The van der Waals surface area contributed by atoms with E-state index >= 15 is 0 Å². The molecule has 12 aromatic rings. The minimum absolute atomic E-state index is 0.0470. The van der Waals surface area contributed by atoms with Gasteiger partial charge < -0.3 is 4.74 Å². The third-order valence-electron chi connectivity index (χ3n) is 28.4. The first-order valence-corrected chi connectivity index (χ1v) is 50.7. The molecule has 27 heteroatoms. The summed E-state index contributed by atoms with van der Waals surface area (Å²) >= 11 is 0. The predicted molar refractivity (Wildman–Crippen MR) is 556 cm³/mol. The van der Waals surface area contributed by atoms with Crippen molar-refractivity contribution in [2.45, 2.75) is 170 Å². The van der Waals surface area contributed by atoms with E-state index in [0.717, 1.165) is 146 Å². The van der Waals surface area contributed by atoms with E-state index < -0.39 is 113 Å². The Morgan fingerprint density at radius 3 is 1.03 bits per heavy atom. The SMILES string of the molecule is COc1ccc(CC2C(=O)NC(=O)N(C(c3ccccc3)c3ccccc3)C2=O)cc1.O=C(CC(c1ccccc1)C1C(=O)NC(=O)N(c2ccccc2)C1=O)c1ccccc1.O=C1C(Cc2ccccc2)C(=O)N(C2CCCCC2)C(=O)N1C1CCCCC1.O=C1C(c2ccccc2)C(=O)N(C2CCCCC2)C(=O)N1CCc1ccccc1.O=C1NC(=O)N(C(c2ccccc2)c2ccccc2)C(=O)C1Cc1ccccc1. The Morgan fingerprint density at radius 1 is 0.311 bits per heavy atom. The number of rotatable bonds is 26. The van der Waals surface area contributed by atoms with Crippen molar-refractivity contribution in [3.8, 4) is 5.75 Å². The molecule has 754 valence electrons. The summed E-state index contributed by atoms with van der Waals surface area (Å²) in [5, 5.41) is 7.04. The van der Waals surface area contributed by atoms with Crippen LogP contribution in [0.25, 0.3) is 0 Å². The average Bonchev–Trinajstić information content (AvgIpc) is 0.823. The monoisotopic (exact) mass is 1980 g/mol. The Hall–Kier alpha value is -16.8. The molecule has 5 unspecified atom stereocenters. The third-order valence-corrected chi connectivity index (χ3v) is 28.4. The maximum absolute atomic E-state index is 13.5. The average molecular weight is 1980 g/mol. The molecule has 5 atom stereocenters. The summed E-state index contributed by atoms with van der Waals surface area (Å²) in [5.41, 5.74) is 9.08. The lowest BCUT2D eigenvalue weighted by atomic mass is 9.79. The van der Waals surface area contributed by atoms with Crippen LogP contribution in [0.5, 0.6) is 5.75 Å². The molecule has 5 heterocycles. The number of benzene rings is 12. The van der Waals surface area contributed by atoms with Gasteiger partial charge in [-0.25, -0.2) is 28.9 Å². The number of hydrogen-bond donors (Lipinski definition) is 3. The zero-order chi connectivity index (χ0) is 104. The predicted octanol–water partition coefficient (Wildman–Crippen LogP) is 19.8. The number of ketones is 1. The van der Waals surface area contributed by atoms with Gasteiger partial charge in [0.2, 0.25) is 59.1 Å². The van der Waals surface area contributed by atoms with Crippen LogP contribution in [-0.4, -0.2) is 156 Å². The van der Waals surface area contributed by atoms with Crippen LogP contribution in [0.3, 0.4) is 0 Å². The Bertz CT molecular complexity index is 6550. The van der Waals surface area contributed by atoms with Crippen molar-refractivity contribution < 1.29 is 81.4 Å². The number of barbiturate groups is 5. The summed E-state index contributed by atoms with van der Waals surface area (Å²) < 4.78 is 5.16. The van der Waals surface area contributed by atoms with Crippen LogP contribution >= 0.6 is 0 Å². The maximum Gasteiger partial charge on any atom is 0.335 e. The Morgan fingerprint density at radius 2 is 0.642 bits per heavy atom. The van der Waals surface area contributed by atoms with Gasteiger partial charge in [-0.1, -0.05) is 391 Å². The van der Waals surface area contributed by atoms with Crippen molar-refractivity contribution in [2.24, 2.45) is 23.7 Å². The fourth-order valence-corrected chi connectivity index (χ4v) is 20.9. The lowest BCUT2D eigenvalue weighted by Crippen LogP contribution is -2.65. The lowest BCUT2D eigenvalue weighted by Gasteiger charge is -2.45. The molecule has 0 aromatic heterocycles. The molecule has 20 amide bonds. The second kappa shape index (κ2) is 50.1. The molecular formula is C121H118N10O17. The number of para-hydroxylation sites is 1. The minimum atomic E-state index is -1.21. The highest BCUT2D eigenvalue weighted by atomic mass is 16.5. The molecule has 27 nitrogen and oxygen atoms in total. The number of nitrogens with zero attached hydrogens (tertiary/aromatic N) is 7. The molecule has 20 rings (SSSR count). The number of hydrogen-bond acceptors (Lipinski definition) is 17. The van der Waals surface area contributed by atoms with Gasteiger partial charge in [-0.15, -0.1) is 0 Å². The highest BCUT2D eigenvalue weighted by molar-refractivity contribution is 6.28. The molecule has 8 fully saturated rings. The van der Waals surface area contributed by atoms with E-state index in [1.54, 1.807) is 110 Å². The van der Waals surface area contributed by atoms with E-state index in [1.807, 2.05) is 255 Å². The molecule has 0 radical (unpaired) electrons. The maximum atomic E-state index is 13.5. The number of imide groups is 10. The smallest absolute Gasteiger partial charge is 0.335 e. The Kier molecular flexibility index (Phi) is 35.2. The van der Waals surface area contributed by atoms with Crippen LogP contribution < -0.4 is 25.6 Å². The number of amides is 20. The summed E-state index contributed by atoms with van der Waals surface area (Å²) in [6.45, 7) is 0.279. The summed E-state index contributed by atoms with van der Waals surface area (Å²) in [6.07, 6.45) is 16.1. The number of ether oxygens (including phenoxy) is 1. The number of Topliss-reactive ketones (excluding diaryl/α,β-unsaturated/α-hetero) is 1. The largest absolute Gasteiger partial charge is 0.497 e. The number of carbonyl (C=O) groups excluding carboxylic acids is 16. The molecule has 3 saturated carbocycles. The molecule has 3 aliphatic carbocycles. The highest BCUT2D eigenvalue weighted by Crippen LogP contribution is 2.41. The number of anilines is 1. The third kappa shape index (κ3) is 24.9. The van der Waals surface area contributed by atoms with Gasteiger partial charge in [0.15, 0.2) is 5.78 Å². The van der Waals surface area contributed by atoms with E-state index in [2.05, 4.69) is 16.0 Å². The highest BCUT2D eigenvalue weighted by Gasteiger charge is 2.54. The number of carbonyl (C=O) groups is 16. The molecule has 0 spiro atoms. The quantitative estimate of drug-likeness (QED) is 0.0335. The fourth-order valence-electron chi connectivity index (χ4n) is 20.9. The Labute approximate surface area is 860 Å². The topological polar surface area (TPSA) is 341 Å². The Balaban J connectivity index is 0.000000132. The lowest BCUT2D eigenvalue weighted by molar-refractivity contribution is -0.154.